The minimum atomic E-state index is -0.538. The SMILES string of the molecule is CC(C)[C@H](c1oc2cc(C#N)ccc2c(=O)c1Cc1ccccc1)N(CCCN)C(=O)c1cccc(N(C)C)c1. The van der Waals surface area contributed by atoms with E-state index in [0.29, 0.717) is 59.4 Å². The predicted octanol–water partition coefficient (Wildman–Crippen LogP) is 5.51. The molecule has 4 rings (SSSR count). The highest BCUT2D eigenvalue weighted by Gasteiger charge is 2.34. The second-order valence-electron chi connectivity index (χ2n) is 10.5. The molecule has 7 nitrogen and oxygen atoms in total. The Morgan fingerprint density at radius 1 is 1.02 bits per heavy atom. The van der Waals surface area contributed by atoms with Crippen LogP contribution in [-0.4, -0.2) is 38.0 Å². The molecule has 0 fully saturated rings. The number of benzene rings is 3. The number of rotatable bonds is 10. The monoisotopic (exact) mass is 536 g/mol. The molecule has 2 N–H and O–H groups in total. The molecular formula is C33H36N4O3. The van der Waals surface area contributed by atoms with Gasteiger partial charge in [-0.15, -0.1) is 0 Å². The zero-order valence-electron chi connectivity index (χ0n) is 23.6. The van der Waals surface area contributed by atoms with Crippen molar-refractivity contribution in [2.45, 2.75) is 32.7 Å². The Kier molecular flexibility index (Phi) is 9.03. The molecule has 1 heterocycles. The lowest BCUT2D eigenvalue weighted by atomic mass is 9.91. The summed E-state index contributed by atoms with van der Waals surface area (Å²) in [4.78, 5) is 31.9. The van der Waals surface area contributed by atoms with Gasteiger partial charge in [0.1, 0.15) is 11.3 Å². The first-order valence-corrected chi connectivity index (χ1v) is 13.6. The summed E-state index contributed by atoms with van der Waals surface area (Å²) >= 11 is 0. The van der Waals surface area contributed by atoms with Crippen LogP contribution in [-0.2, 0) is 6.42 Å². The Bertz CT molecular complexity index is 1590. The van der Waals surface area contributed by atoms with Crippen LogP contribution in [0.15, 0.2) is 82.0 Å². The molecule has 0 unspecified atom stereocenters. The highest BCUT2D eigenvalue weighted by atomic mass is 16.3. The average molecular weight is 537 g/mol. The number of nitrogens with zero attached hydrogens (tertiary/aromatic N) is 3. The molecule has 0 spiro atoms. The molecule has 206 valence electrons. The Hall–Kier alpha value is -4.41. The molecule has 1 atom stereocenters. The number of nitrogens with two attached hydrogens (primary N) is 1. The number of amides is 1. The van der Waals surface area contributed by atoms with E-state index in [2.05, 4.69) is 6.07 Å². The Morgan fingerprint density at radius 3 is 2.42 bits per heavy atom. The summed E-state index contributed by atoms with van der Waals surface area (Å²) < 4.78 is 6.54. The van der Waals surface area contributed by atoms with Gasteiger partial charge in [0.05, 0.1) is 23.1 Å². The van der Waals surface area contributed by atoms with E-state index in [1.165, 1.54) is 0 Å². The van der Waals surface area contributed by atoms with Gasteiger partial charge >= 0.3 is 0 Å². The minimum Gasteiger partial charge on any atom is -0.458 e. The molecule has 3 aromatic carbocycles. The van der Waals surface area contributed by atoms with Gasteiger partial charge in [0.25, 0.3) is 5.91 Å². The highest BCUT2D eigenvalue weighted by Crippen LogP contribution is 2.35. The molecule has 0 bridgehead atoms. The molecule has 7 heteroatoms. The van der Waals surface area contributed by atoms with E-state index >= 15 is 0 Å². The van der Waals surface area contributed by atoms with E-state index in [1.807, 2.05) is 87.4 Å². The van der Waals surface area contributed by atoms with Crippen LogP contribution in [0.4, 0.5) is 5.69 Å². The summed E-state index contributed by atoms with van der Waals surface area (Å²) in [6.45, 7) is 4.85. The van der Waals surface area contributed by atoms with Crippen molar-refractivity contribution in [1.82, 2.24) is 4.90 Å². The van der Waals surface area contributed by atoms with Gasteiger partial charge in [-0.3, -0.25) is 9.59 Å². The third kappa shape index (κ3) is 6.08. The topological polar surface area (TPSA) is 104 Å². The predicted molar refractivity (Wildman–Crippen MR) is 160 cm³/mol. The first-order chi connectivity index (χ1) is 19.2. The van der Waals surface area contributed by atoms with Crippen molar-refractivity contribution < 1.29 is 9.21 Å². The molecule has 0 aliphatic carbocycles. The number of hydrogen-bond acceptors (Lipinski definition) is 6. The highest BCUT2D eigenvalue weighted by molar-refractivity contribution is 5.95. The molecule has 0 saturated carbocycles. The number of carbonyl (C=O) groups excluding carboxylic acids is 1. The van der Waals surface area contributed by atoms with Crippen LogP contribution in [0.5, 0.6) is 0 Å². The van der Waals surface area contributed by atoms with E-state index in [0.717, 1.165) is 11.3 Å². The van der Waals surface area contributed by atoms with E-state index < -0.39 is 6.04 Å². The van der Waals surface area contributed by atoms with Gasteiger partial charge in [-0.25, -0.2) is 0 Å². The molecule has 1 amide bonds. The maximum atomic E-state index is 14.2. The van der Waals surface area contributed by atoms with Crippen LogP contribution in [0, 0.1) is 17.2 Å². The third-order valence-corrected chi connectivity index (χ3v) is 7.08. The number of hydrogen-bond donors (Lipinski definition) is 1. The molecular weight excluding hydrogens is 500 g/mol. The Morgan fingerprint density at radius 2 is 1.77 bits per heavy atom. The van der Waals surface area contributed by atoms with E-state index in [1.54, 1.807) is 23.1 Å². The lowest BCUT2D eigenvalue weighted by Crippen LogP contribution is -2.40. The van der Waals surface area contributed by atoms with Crippen LogP contribution >= 0.6 is 0 Å². The quantitative estimate of drug-likeness (QED) is 0.287. The second kappa shape index (κ2) is 12.6. The van der Waals surface area contributed by atoms with Crippen molar-refractivity contribution in [3.05, 3.63) is 111 Å². The fourth-order valence-corrected chi connectivity index (χ4v) is 5.04. The summed E-state index contributed by atoms with van der Waals surface area (Å²) in [7, 11) is 3.86. The molecule has 0 saturated heterocycles. The van der Waals surface area contributed by atoms with Gasteiger partial charge < -0.3 is 20.0 Å². The minimum absolute atomic E-state index is 0.0898. The van der Waals surface area contributed by atoms with Crippen LogP contribution in [0.1, 0.15) is 59.1 Å². The van der Waals surface area contributed by atoms with Crippen molar-refractivity contribution in [3.8, 4) is 6.07 Å². The van der Waals surface area contributed by atoms with Crippen molar-refractivity contribution in [3.63, 3.8) is 0 Å². The number of fused-ring (bicyclic) bond motifs is 1. The molecule has 40 heavy (non-hydrogen) atoms. The van der Waals surface area contributed by atoms with Crippen LogP contribution < -0.4 is 16.1 Å². The van der Waals surface area contributed by atoms with Gasteiger partial charge in [-0.05, 0) is 60.8 Å². The van der Waals surface area contributed by atoms with E-state index in [9.17, 15) is 14.9 Å². The largest absolute Gasteiger partial charge is 0.458 e. The standard InChI is InChI=1S/C33H36N4O3/c1-22(2)30(37(17-9-16-34)33(39)25-12-8-13-26(20-25)36(3)4)32-28(18-23-10-6-5-7-11-23)31(38)27-15-14-24(21-35)19-29(27)40-32/h5-8,10-15,19-20,22,30H,9,16-18,34H2,1-4H3/t30-/m1/s1. The maximum absolute atomic E-state index is 14.2. The maximum Gasteiger partial charge on any atom is 0.254 e. The van der Waals surface area contributed by atoms with Gasteiger partial charge in [0.15, 0.2) is 5.43 Å². The zero-order chi connectivity index (χ0) is 28.8. The second-order valence-corrected chi connectivity index (χ2v) is 10.5. The average Bonchev–Trinajstić information content (AvgIpc) is 2.96. The van der Waals surface area contributed by atoms with Crippen LogP contribution in [0.25, 0.3) is 11.0 Å². The van der Waals surface area contributed by atoms with Gasteiger partial charge in [0.2, 0.25) is 0 Å². The Labute approximate surface area is 235 Å². The summed E-state index contributed by atoms with van der Waals surface area (Å²) in [5.41, 5.74) is 9.42. The van der Waals surface area contributed by atoms with E-state index in [-0.39, 0.29) is 17.3 Å². The fraction of sp³-hybridized carbons (Fsp3) is 0.303. The van der Waals surface area contributed by atoms with Gasteiger partial charge in [-0.2, -0.15) is 5.26 Å². The summed E-state index contributed by atoms with van der Waals surface area (Å²) in [6.07, 6.45) is 0.944. The summed E-state index contributed by atoms with van der Waals surface area (Å²) in [5, 5.41) is 9.90. The van der Waals surface area contributed by atoms with Gasteiger partial charge in [-0.1, -0.05) is 50.2 Å². The summed E-state index contributed by atoms with van der Waals surface area (Å²) in [6, 6.07) is 23.7. The number of carbonyl (C=O) groups is 1. The number of anilines is 1. The van der Waals surface area contributed by atoms with Crippen molar-refractivity contribution in [2.24, 2.45) is 11.7 Å². The third-order valence-electron chi connectivity index (χ3n) is 7.08. The molecule has 0 radical (unpaired) electrons. The smallest absolute Gasteiger partial charge is 0.254 e. The lowest BCUT2D eigenvalue weighted by molar-refractivity contribution is 0.0587. The first kappa shape index (κ1) is 28.6. The molecule has 4 aromatic rings. The molecule has 1 aromatic heterocycles. The van der Waals surface area contributed by atoms with Gasteiger partial charge in [0, 0.05) is 43.9 Å². The van der Waals surface area contributed by atoms with Crippen molar-refractivity contribution in [1.29, 1.82) is 5.26 Å². The normalized spacial score (nSPS) is 11.8. The van der Waals surface area contributed by atoms with Crippen molar-refractivity contribution in [2.75, 3.05) is 32.1 Å². The summed E-state index contributed by atoms with van der Waals surface area (Å²) in [5.74, 6) is 0.198. The first-order valence-electron chi connectivity index (χ1n) is 13.6. The molecule has 0 aliphatic heterocycles. The van der Waals surface area contributed by atoms with Crippen LogP contribution in [0.3, 0.4) is 0 Å². The number of nitriles is 1. The van der Waals surface area contributed by atoms with Crippen LogP contribution in [0.2, 0.25) is 0 Å². The Balaban J connectivity index is 1.95. The fourth-order valence-electron chi connectivity index (χ4n) is 5.04. The van der Waals surface area contributed by atoms with E-state index in [4.69, 9.17) is 10.2 Å². The molecule has 0 aliphatic rings. The van der Waals surface area contributed by atoms with Crippen molar-refractivity contribution >= 4 is 22.6 Å². The lowest BCUT2D eigenvalue weighted by Gasteiger charge is -2.35. The zero-order valence-corrected chi connectivity index (χ0v) is 23.6.